The van der Waals surface area contributed by atoms with Crippen molar-refractivity contribution in [3.05, 3.63) is 36.0 Å². The van der Waals surface area contributed by atoms with Gasteiger partial charge in [0.15, 0.2) is 0 Å². The molecule has 122 valence electrons. The van der Waals surface area contributed by atoms with E-state index < -0.39 is 0 Å². The summed E-state index contributed by atoms with van der Waals surface area (Å²) < 4.78 is 5.18. The van der Waals surface area contributed by atoms with E-state index in [4.69, 9.17) is 10.5 Å². The number of hydrogen-bond acceptors (Lipinski definition) is 5. The van der Waals surface area contributed by atoms with Gasteiger partial charge in [0.25, 0.3) is 0 Å². The fourth-order valence-corrected chi connectivity index (χ4v) is 2.15. The van der Waals surface area contributed by atoms with Crippen LogP contribution < -0.4 is 15.9 Å². The van der Waals surface area contributed by atoms with Gasteiger partial charge in [0, 0.05) is 11.8 Å². The molecule has 0 saturated heterocycles. The Balaban J connectivity index is 1.89. The maximum atomic E-state index is 11.6. The Kier molecular flexibility index (Phi) is 6.50. The number of ether oxygens (including phenoxy) is 1. The lowest BCUT2D eigenvalue weighted by Crippen LogP contribution is -2.17. The van der Waals surface area contributed by atoms with Crippen molar-refractivity contribution in [1.82, 2.24) is 10.4 Å². The third-order valence-corrected chi connectivity index (χ3v) is 3.41. The largest absolute Gasteiger partial charge is 0.497 e. The van der Waals surface area contributed by atoms with Gasteiger partial charge in [-0.3, -0.25) is 4.79 Å². The van der Waals surface area contributed by atoms with Crippen LogP contribution in [-0.4, -0.2) is 30.8 Å². The number of nitrogens with zero attached hydrogens (tertiary/aromatic N) is 2. The van der Waals surface area contributed by atoms with Gasteiger partial charge < -0.3 is 10.5 Å². The second-order valence-corrected chi connectivity index (χ2v) is 5.19. The van der Waals surface area contributed by atoms with Crippen LogP contribution in [0.25, 0.3) is 10.9 Å². The first kappa shape index (κ1) is 16.9. The van der Waals surface area contributed by atoms with Crippen molar-refractivity contribution < 1.29 is 9.53 Å². The first-order valence-corrected chi connectivity index (χ1v) is 7.69. The lowest BCUT2D eigenvalue weighted by molar-refractivity contribution is -0.121. The molecule has 3 N–H and O–H groups in total. The number of rotatable bonds is 8. The minimum Gasteiger partial charge on any atom is -0.497 e. The van der Waals surface area contributed by atoms with Crippen molar-refractivity contribution in [3.8, 4) is 5.75 Å². The summed E-state index contributed by atoms with van der Waals surface area (Å²) in [6.45, 7) is 0.666. The van der Waals surface area contributed by atoms with Gasteiger partial charge in [-0.15, -0.1) is 0 Å². The van der Waals surface area contributed by atoms with Gasteiger partial charge in [0.05, 0.1) is 24.5 Å². The number of carbonyl (C=O) groups excluding carboxylic acids is 1. The van der Waals surface area contributed by atoms with Crippen LogP contribution >= 0.6 is 0 Å². The number of benzene rings is 1. The van der Waals surface area contributed by atoms with E-state index in [9.17, 15) is 4.79 Å². The van der Waals surface area contributed by atoms with Crippen LogP contribution in [0.4, 0.5) is 0 Å². The zero-order chi connectivity index (χ0) is 16.5. The summed E-state index contributed by atoms with van der Waals surface area (Å²) in [5.41, 5.74) is 9.46. The van der Waals surface area contributed by atoms with Gasteiger partial charge >= 0.3 is 0 Å². The zero-order valence-corrected chi connectivity index (χ0v) is 13.3. The third kappa shape index (κ3) is 5.34. The highest BCUT2D eigenvalue weighted by atomic mass is 16.5. The molecule has 0 spiro atoms. The summed E-state index contributed by atoms with van der Waals surface area (Å²) in [7, 11) is 1.63. The van der Waals surface area contributed by atoms with Crippen LogP contribution in [0.15, 0.2) is 35.4 Å². The SMILES string of the molecule is COc1ccc2nc(/C=N\NC(=O)CCCCCN)ccc2c1. The number of pyridine rings is 1. The van der Waals surface area contributed by atoms with Gasteiger partial charge in [0.1, 0.15) is 5.75 Å². The Morgan fingerprint density at radius 1 is 1.30 bits per heavy atom. The van der Waals surface area contributed by atoms with E-state index in [-0.39, 0.29) is 5.91 Å². The second kappa shape index (κ2) is 8.85. The number of carbonyl (C=O) groups is 1. The predicted octanol–water partition coefficient (Wildman–Crippen LogP) is 2.21. The predicted molar refractivity (Wildman–Crippen MR) is 91.6 cm³/mol. The summed E-state index contributed by atoms with van der Waals surface area (Å²) in [5, 5.41) is 4.94. The molecule has 0 bridgehead atoms. The van der Waals surface area contributed by atoms with E-state index in [0.717, 1.165) is 35.9 Å². The molecule has 0 aliphatic rings. The third-order valence-electron chi connectivity index (χ3n) is 3.41. The standard InChI is InChI=1S/C17H22N4O2/c1-23-15-8-9-16-13(11-15)6-7-14(20-16)12-19-21-17(22)5-3-2-4-10-18/h6-9,11-12H,2-5,10,18H2,1H3,(H,21,22)/b19-12-. The van der Waals surface area contributed by atoms with Gasteiger partial charge in [-0.1, -0.05) is 12.5 Å². The number of hydrogen-bond donors (Lipinski definition) is 2. The van der Waals surface area contributed by atoms with E-state index >= 15 is 0 Å². The van der Waals surface area contributed by atoms with Crippen molar-refractivity contribution in [2.45, 2.75) is 25.7 Å². The normalized spacial score (nSPS) is 11.0. The van der Waals surface area contributed by atoms with E-state index in [1.807, 2.05) is 30.3 Å². The molecule has 0 aliphatic carbocycles. The molecule has 1 amide bonds. The van der Waals surface area contributed by atoms with Crippen LogP contribution in [0.2, 0.25) is 0 Å². The Bertz CT molecular complexity index is 685. The Labute approximate surface area is 135 Å². The topological polar surface area (TPSA) is 89.6 Å². The number of unbranched alkanes of at least 4 members (excludes halogenated alkanes) is 2. The van der Waals surface area contributed by atoms with E-state index in [1.54, 1.807) is 13.3 Å². The van der Waals surface area contributed by atoms with Crippen LogP contribution in [0.3, 0.4) is 0 Å². The average molecular weight is 314 g/mol. The molecule has 2 rings (SSSR count). The monoisotopic (exact) mass is 314 g/mol. The van der Waals surface area contributed by atoms with Gasteiger partial charge in [-0.25, -0.2) is 10.4 Å². The number of aromatic nitrogens is 1. The molecule has 0 aliphatic heterocycles. The molecule has 0 saturated carbocycles. The number of amides is 1. The molecule has 2 aromatic rings. The summed E-state index contributed by atoms with van der Waals surface area (Å²) in [5.74, 6) is 0.700. The highest BCUT2D eigenvalue weighted by Crippen LogP contribution is 2.19. The highest BCUT2D eigenvalue weighted by Gasteiger charge is 2.00. The Morgan fingerprint density at radius 2 is 2.17 bits per heavy atom. The number of nitrogens with one attached hydrogen (secondary N) is 1. The molecule has 1 aromatic heterocycles. The molecule has 6 heteroatoms. The van der Waals surface area contributed by atoms with Crippen molar-refractivity contribution in [3.63, 3.8) is 0 Å². The molecular formula is C17H22N4O2. The fourth-order valence-electron chi connectivity index (χ4n) is 2.15. The minimum atomic E-state index is -0.0937. The number of hydrazone groups is 1. The van der Waals surface area contributed by atoms with Gasteiger partial charge in [-0.05, 0) is 43.7 Å². The van der Waals surface area contributed by atoms with Gasteiger partial charge in [-0.2, -0.15) is 5.10 Å². The zero-order valence-electron chi connectivity index (χ0n) is 13.3. The summed E-state index contributed by atoms with van der Waals surface area (Å²) >= 11 is 0. The molecule has 0 atom stereocenters. The van der Waals surface area contributed by atoms with Crippen molar-refractivity contribution >= 4 is 23.0 Å². The Morgan fingerprint density at radius 3 is 2.96 bits per heavy atom. The minimum absolute atomic E-state index is 0.0937. The lowest BCUT2D eigenvalue weighted by atomic mass is 10.2. The fraction of sp³-hybridized carbons (Fsp3) is 0.353. The molecule has 0 radical (unpaired) electrons. The molecule has 1 heterocycles. The lowest BCUT2D eigenvalue weighted by Gasteiger charge is -2.03. The first-order valence-electron chi connectivity index (χ1n) is 7.69. The molecule has 0 unspecified atom stereocenters. The van der Waals surface area contributed by atoms with Crippen molar-refractivity contribution in [2.24, 2.45) is 10.8 Å². The molecule has 1 aromatic carbocycles. The quantitative estimate of drug-likeness (QED) is 0.444. The van der Waals surface area contributed by atoms with Crippen LogP contribution in [0, 0.1) is 0 Å². The smallest absolute Gasteiger partial charge is 0.240 e. The second-order valence-electron chi connectivity index (χ2n) is 5.19. The van der Waals surface area contributed by atoms with Crippen LogP contribution in [0.5, 0.6) is 5.75 Å². The van der Waals surface area contributed by atoms with Crippen molar-refractivity contribution in [2.75, 3.05) is 13.7 Å². The average Bonchev–Trinajstić information content (AvgIpc) is 2.58. The maximum Gasteiger partial charge on any atom is 0.240 e. The highest BCUT2D eigenvalue weighted by molar-refractivity contribution is 5.86. The molecule has 0 fully saturated rings. The van der Waals surface area contributed by atoms with E-state index in [0.29, 0.717) is 18.7 Å². The molecule has 23 heavy (non-hydrogen) atoms. The maximum absolute atomic E-state index is 11.6. The van der Waals surface area contributed by atoms with Crippen molar-refractivity contribution in [1.29, 1.82) is 0 Å². The Hall–Kier alpha value is -2.47. The number of nitrogens with two attached hydrogens (primary N) is 1. The van der Waals surface area contributed by atoms with E-state index in [1.165, 1.54) is 0 Å². The van der Waals surface area contributed by atoms with Gasteiger partial charge in [0.2, 0.25) is 5.91 Å². The molecule has 6 nitrogen and oxygen atoms in total. The summed E-state index contributed by atoms with van der Waals surface area (Å²) in [6.07, 6.45) is 4.74. The first-order chi connectivity index (χ1) is 11.2. The van der Waals surface area contributed by atoms with E-state index in [2.05, 4.69) is 15.5 Å². The van der Waals surface area contributed by atoms with Crippen LogP contribution in [0.1, 0.15) is 31.4 Å². The number of fused-ring (bicyclic) bond motifs is 1. The summed E-state index contributed by atoms with van der Waals surface area (Å²) in [4.78, 5) is 16.1. The summed E-state index contributed by atoms with van der Waals surface area (Å²) in [6, 6.07) is 9.47. The molecular weight excluding hydrogens is 292 g/mol. The van der Waals surface area contributed by atoms with Crippen LogP contribution in [-0.2, 0) is 4.79 Å². The number of methoxy groups -OCH3 is 1.